The third-order valence-electron chi connectivity index (χ3n) is 4.25. The van der Waals surface area contributed by atoms with Crippen LogP contribution in [-0.2, 0) is 0 Å². The van der Waals surface area contributed by atoms with Gasteiger partial charge in [0.2, 0.25) is 5.88 Å². The van der Waals surface area contributed by atoms with Gasteiger partial charge in [0.05, 0.1) is 11.6 Å². The fraction of sp³-hybridized carbons (Fsp3) is 0.150. The molecule has 3 aromatic heterocycles. The second-order valence-corrected chi connectivity index (χ2v) is 5.95. The summed E-state index contributed by atoms with van der Waals surface area (Å²) < 4.78 is 11.4. The van der Waals surface area contributed by atoms with Crippen molar-refractivity contribution in [1.29, 1.82) is 0 Å². The topological polar surface area (TPSA) is 61.0 Å². The zero-order chi connectivity index (χ0) is 17.4. The van der Waals surface area contributed by atoms with Crippen molar-refractivity contribution in [3.63, 3.8) is 0 Å². The molecule has 124 valence electrons. The second-order valence-electron chi connectivity index (χ2n) is 5.95. The van der Waals surface area contributed by atoms with E-state index in [4.69, 9.17) is 9.15 Å². The zero-order valence-electron chi connectivity index (χ0n) is 14.3. The Morgan fingerprint density at radius 1 is 0.920 bits per heavy atom. The molecule has 0 N–H and O–H groups in total. The smallest absolute Gasteiger partial charge is 0.230 e. The molecule has 0 saturated carbocycles. The molecule has 0 bridgehead atoms. The van der Waals surface area contributed by atoms with Crippen LogP contribution in [0.4, 0.5) is 0 Å². The highest BCUT2D eigenvalue weighted by Gasteiger charge is 2.12. The molecule has 5 nitrogen and oxygen atoms in total. The first kappa shape index (κ1) is 15.3. The highest BCUT2D eigenvalue weighted by molar-refractivity contribution is 5.82. The van der Waals surface area contributed by atoms with Crippen molar-refractivity contribution in [1.82, 2.24) is 15.0 Å². The molecule has 0 aliphatic heterocycles. The minimum absolute atomic E-state index is 0.536. The van der Waals surface area contributed by atoms with Crippen LogP contribution in [0.15, 0.2) is 53.5 Å². The van der Waals surface area contributed by atoms with E-state index in [0.29, 0.717) is 5.88 Å². The molecule has 0 radical (unpaired) electrons. The van der Waals surface area contributed by atoms with Gasteiger partial charge in [0.1, 0.15) is 17.7 Å². The van der Waals surface area contributed by atoms with Crippen LogP contribution >= 0.6 is 0 Å². The molecule has 5 heteroatoms. The Morgan fingerprint density at radius 3 is 2.48 bits per heavy atom. The number of benzene rings is 1. The predicted octanol–water partition coefficient (Wildman–Crippen LogP) is 5.00. The van der Waals surface area contributed by atoms with Crippen molar-refractivity contribution in [2.24, 2.45) is 0 Å². The number of ether oxygens (including phenoxy) is 1. The van der Waals surface area contributed by atoms with Crippen molar-refractivity contribution in [2.45, 2.75) is 20.8 Å². The second kappa shape index (κ2) is 6.02. The predicted molar refractivity (Wildman–Crippen MR) is 95.8 cm³/mol. The monoisotopic (exact) mass is 331 g/mol. The summed E-state index contributed by atoms with van der Waals surface area (Å²) in [5.74, 6) is 1.27. The van der Waals surface area contributed by atoms with Crippen molar-refractivity contribution in [3.05, 3.63) is 66.1 Å². The van der Waals surface area contributed by atoms with E-state index in [0.717, 1.165) is 44.8 Å². The van der Waals surface area contributed by atoms with E-state index >= 15 is 0 Å². The Balaban J connectivity index is 1.72. The van der Waals surface area contributed by atoms with Crippen molar-refractivity contribution < 1.29 is 9.15 Å². The van der Waals surface area contributed by atoms with Crippen LogP contribution < -0.4 is 4.74 Å². The summed E-state index contributed by atoms with van der Waals surface area (Å²) >= 11 is 0. The lowest BCUT2D eigenvalue weighted by molar-refractivity contribution is 0.468. The summed E-state index contributed by atoms with van der Waals surface area (Å²) in [7, 11) is 0. The summed E-state index contributed by atoms with van der Waals surface area (Å²) in [6.45, 7) is 6.05. The number of rotatable bonds is 3. The largest absolute Gasteiger partial charge is 0.464 e. The summed E-state index contributed by atoms with van der Waals surface area (Å²) in [5.41, 5.74) is 5.96. The molecule has 3 heterocycles. The van der Waals surface area contributed by atoms with Gasteiger partial charge in [-0.05, 0) is 56.2 Å². The minimum atomic E-state index is 0.536. The van der Waals surface area contributed by atoms with Gasteiger partial charge >= 0.3 is 0 Å². The zero-order valence-corrected chi connectivity index (χ0v) is 14.3. The Morgan fingerprint density at radius 2 is 1.72 bits per heavy atom. The van der Waals surface area contributed by atoms with Crippen LogP contribution in [0.3, 0.4) is 0 Å². The maximum atomic E-state index is 5.98. The molecule has 25 heavy (non-hydrogen) atoms. The normalized spacial score (nSPS) is 11.0. The first-order valence-corrected chi connectivity index (χ1v) is 8.03. The van der Waals surface area contributed by atoms with E-state index in [1.807, 2.05) is 44.2 Å². The van der Waals surface area contributed by atoms with Gasteiger partial charge in [0.25, 0.3) is 0 Å². The molecule has 0 amide bonds. The van der Waals surface area contributed by atoms with Crippen LogP contribution in [0.1, 0.15) is 17.0 Å². The molecule has 0 saturated heterocycles. The highest BCUT2D eigenvalue weighted by Crippen LogP contribution is 2.33. The third-order valence-corrected chi connectivity index (χ3v) is 4.25. The van der Waals surface area contributed by atoms with E-state index < -0.39 is 0 Å². The maximum absolute atomic E-state index is 5.98. The van der Waals surface area contributed by atoms with E-state index in [2.05, 4.69) is 21.9 Å². The number of pyridine rings is 1. The number of fused-ring (bicyclic) bond motifs is 1. The lowest BCUT2D eigenvalue weighted by Crippen LogP contribution is -1.97. The van der Waals surface area contributed by atoms with Gasteiger partial charge in [-0.2, -0.15) is 0 Å². The SMILES string of the molecule is Cc1cc(Oc2nccc3occc23)ccc1-c1c(C)ncnc1C. The molecule has 4 rings (SSSR count). The van der Waals surface area contributed by atoms with Crippen molar-refractivity contribution in [3.8, 4) is 22.8 Å². The van der Waals surface area contributed by atoms with Gasteiger partial charge in [-0.3, -0.25) is 0 Å². The summed E-state index contributed by atoms with van der Waals surface area (Å²) in [6.07, 6.45) is 4.91. The number of aryl methyl sites for hydroxylation is 3. The fourth-order valence-corrected chi connectivity index (χ4v) is 3.02. The molecule has 0 fully saturated rings. The number of aromatic nitrogens is 3. The molecular formula is C20H17N3O2. The molecule has 1 aromatic carbocycles. The van der Waals surface area contributed by atoms with Gasteiger partial charge in [-0.15, -0.1) is 0 Å². The lowest BCUT2D eigenvalue weighted by atomic mass is 9.98. The third kappa shape index (κ3) is 2.74. The Hall–Kier alpha value is -3.21. The standard InChI is InChI=1S/C20H17N3O2/c1-12-10-15(25-20-17-7-9-24-18(17)6-8-21-20)4-5-16(12)19-13(2)22-11-23-14(19)3/h4-11H,1-3H3. The summed E-state index contributed by atoms with van der Waals surface area (Å²) in [6, 6.07) is 9.65. The average Bonchev–Trinajstić information content (AvgIpc) is 3.06. The van der Waals surface area contributed by atoms with Crippen LogP contribution in [0, 0.1) is 20.8 Å². The average molecular weight is 331 g/mol. The van der Waals surface area contributed by atoms with Gasteiger partial charge < -0.3 is 9.15 Å². The first-order valence-electron chi connectivity index (χ1n) is 8.03. The molecule has 0 unspecified atom stereocenters. The van der Waals surface area contributed by atoms with E-state index in [1.54, 1.807) is 18.8 Å². The minimum Gasteiger partial charge on any atom is -0.464 e. The maximum Gasteiger partial charge on any atom is 0.230 e. The summed E-state index contributed by atoms with van der Waals surface area (Å²) in [5, 5.41) is 0.854. The number of nitrogens with zero attached hydrogens (tertiary/aromatic N) is 3. The Kier molecular flexibility index (Phi) is 3.69. The van der Waals surface area contributed by atoms with Crippen molar-refractivity contribution in [2.75, 3.05) is 0 Å². The number of furan rings is 1. The van der Waals surface area contributed by atoms with E-state index in [9.17, 15) is 0 Å². The first-order chi connectivity index (χ1) is 12.1. The molecule has 0 aliphatic carbocycles. The van der Waals surface area contributed by atoms with E-state index in [-0.39, 0.29) is 0 Å². The van der Waals surface area contributed by atoms with Gasteiger partial charge in [-0.25, -0.2) is 15.0 Å². The van der Waals surface area contributed by atoms with Crippen molar-refractivity contribution >= 4 is 11.0 Å². The quantitative estimate of drug-likeness (QED) is 0.528. The highest BCUT2D eigenvalue weighted by atomic mass is 16.5. The molecular weight excluding hydrogens is 314 g/mol. The fourth-order valence-electron chi connectivity index (χ4n) is 3.02. The van der Waals surface area contributed by atoms with Crippen LogP contribution in [0.2, 0.25) is 0 Å². The van der Waals surface area contributed by atoms with E-state index in [1.165, 1.54) is 0 Å². The molecule has 4 aromatic rings. The van der Waals surface area contributed by atoms with Gasteiger partial charge in [-0.1, -0.05) is 6.07 Å². The summed E-state index contributed by atoms with van der Waals surface area (Å²) in [4.78, 5) is 12.9. The Labute approximate surface area is 145 Å². The van der Waals surface area contributed by atoms with Gasteiger partial charge in [0, 0.05) is 23.1 Å². The molecule has 0 aliphatic rings. The number of hydrogen-bond donors (Lipinski definition) is 0. The lowest BCUT2D eigenvalue weighted by Gasteiger charge is -2.13. The van der Waals surface area contributed by atoms with Crippen LogP contribution in [-0.4, -0.2) is 15.0 Å². The van der Waals surface area contributed by atoms with Gasteiger partial charge in [0.15, 0.2) is 0 Å². The molecule has 0 atom stereocenters. The van der Waals surface area contributed by atoms with Crippen LogP contribution in [0.25, 0.3) is 22.1 Å². The van der Waals surface area contributed by atoms with Crippen LogP contribution in [0.5, 0.6) is 11.6 Å². The number of hydrogen-bond acceptors (Lipinski definition) is 5. The Bertz CT molecular complexity index is 1050. The molecule has 0 spiro atoms.